The van der Waals surface area contributed by atoms with Gasteiger partial charge < -0.3 is 0 Å². The molecule has 0 bridgehead atoms. The Bertz CT molecular complexity index is 186. The first-order valence-electron chi connectivity index (χ1n) is 2.57. The second-order valence-corrected chi connectivity index (χ2v) is 1.75. The number of hydrogen-bond donors (Lipinski definition) is 0. The number of amides is 2. The van der Waals surface area contributed by atoms with Crippen LogP contribution < -0.4 is 0 Å². The lowest BCUT2D eigenvalue weighted by Crippen LogP contribution is -2.22. The number of rotatable bonds is 0. The Morgan fingerprint density at radius 1 is 1.33 bits per heavy atom. The van der Waals surface area contributed by atoms with Gasteiger partial charge in [-0.15, -0.1) is 0 Å². The highest BCUT2D eigenvalue weighted by Crippen LogP contribution is 2.08. The van der Waals surface area contributed by atoms with Crippen LogP contribution in [0.4, 0.5) is 0 Å². The fourth-order valence-corrected chi connectivity index (χ4v) is 0.721. The third-order valence-corrected chi connectivity index (χ3v) is 1.18. The maximum atomic E-state index is 10.6. The molecule has 0 saturated carbocycles. The predicted molar refractivity (Wildman–Crippen MR) is 29.9 cm³/mol. The maximum Gasteiger partial charge on any atom is 0.241 e. The van der Waals surface area contributed by atoms with Crippen molar-refractivity contribution in [1.82, 2.24) is 4.90 Å². The summed E-state index contributed by atoms with van der Waals surface area (Å²) in [4.78, 5) is 22.0. The van der Waals surface area contributed by atoms with Crippen LogP contribution in [-0.2, 0) is 9.59 Å². The van der Waals surface area contributed by atoms with Crippen LogP contribution in [0.1, 0.15) is 12.8 Å². The average molecular weight is 123 g/mol. The standard InChI is InChI=1S/C6H5NO2/c1-2-7-5(8)3-4-6(7)9/h1H,3-4H2. The molecule has 0 aromatic carbocycles. The average Bonchev–Trinajstić information content (AvgIpc) is 2.12. The van der Waals surface area contributed by atoms with Crippen molar-refractivity contribution in [3.8, 4) is 12.5 Å². The molecule has 2 amide bonds. The van der Waals surface area contributed by atoms with Crippen molar-refractivity contribution in [2.45, 2.75) is 12.8 Å². The highest BCUT2D eigenvalue weighted by molar-refractivity contribution is 6.03. The summed E-state index contributed by atoms with van der Waals surface area (Å²) in [5.41, 5.74) is 0. The summed E-state index contributed by atoms with van der Waals surface area (Å²) in [6.45, 7) is 0. The largest absolute Gasteiger partial charge is 0.273 e. The zero-order chi connectivity index (χ0) is 6.85. The van der Waals surface area contributed by atoms with Gasteiger partial charge in [0.15, 0.2) is 0 Å². The molecular weight excluding hydrogens is 118 g/mol. The van der Waals surface area contributed by atoms with E-state index in [-0.39, 0.29) is 24.7 Å². The molecule has 0 N–H and O–H groups in total. The van der Waals surface area contributed by atoms with Gasteiger partial charge in [0.1, 0.15) is 0 Å². The number of hydrogen-bond acceptors (Lipinski definition) is 2. The molecule has 1 aliphatic heterocycles. The van der Waals surface area contributed by atoms with Gasteiger partial charge in [0.2, 0.25) is 11.8 Å². The Morgan fingerprint density at radius 2 is 1.78 bits per heavy atom. The molecule has 1 aliphatic rings. The summed E-state index contributed by atoms with van der Waals surface area (Å²) in [6.07, 6.45) is 5.38. The summed E-state index contributed by atoms with van der Waals surface area (Å²) in [6, 6.07) is 2.00. The summed E-state index contributed by atoms with van der Waals surface area (Å²) >= 11 is 0. The van der Waals surface area contributed by atoms with Gasteiger partial charge in [0.25, 0.3) is 0 Å². The van der Waals surface area contributed by atoms with E-state index in [1.165, 1.54) is 0 Å². The van der Waals surface area contributed by atoms with Gasteiger partial charge in [-0.3, -0.25) is 9.59 Å². The number of likely N-dealkylation sites (tertiary alicyclic amines) is 1. The third kappa shape index (κ3) is 0.789. The van der Waals surface area contributed by atoms with Crippen LogP contribution in [0, 0.1) is 12.5 Å². The molecule has 1 saturated heterocycles. The van der Waals surface area contributed by atoms with Crippen molar-refractivity contribution in [1.29, 1.82) is 0 Å². The molecule has 3 nitrogen and oxygen atoms in total. The van der Waals surface area contributed by atoms with Gasteiger partial charge in [-0.1, -0.05) is 6.42 Å². The molecule has 1 heterocycles. The molecule has 0 aromatic rings. The molecule has 0 unspecified atom stereocenters. The van der Waals surface area contributed by atoms with E-state index in [9.17, 15) is 9.59 Å². The first kappa shape index (κ1) is 5.83. The summed E-state index contributed by atoms with van der Waals surface area (Å²) in [5, 5.41) is 0. The van der Waals surface area contributed by atoms with E-state index in [0.717, 1.165) is 4.90 Å². The third-order valence-electron chi connectivity index (χ3n) is 1.18. The van der Waals surface area contributed by atoms with Crippen LogP contribution in [0.2, 0.25) is 0 Å². The van der Waals surface area contributed by atoms with Gasteiger partial charge in [0.05, 0.1) is 0 Å². The van der Waals surface area contributed by atoms with Crippen LogP contribution in [0.25, 0.3) is 0 Å². The number of carbonyl (C=O) groups is 2. The minimum Gasteiger partial charge on any atom is -0.273 e. The topological polar surface area (TPSA) is 37.4 Å². The van der Waals surface area contributed by atoms with Crippen LogP contribution in [-0.4, -0.2) is 16.7 Å². The number of carbonyl (C=O) groups excluding carboxylic acids is 2. The Kier molecular flexibility index (Phi) is 1.23. The van der Waals surface area contributed by atoms with Gasteiger partial charge >= 0.3 is 0 Å². The molecular formula is C6H5NO2. The Hall–Kier alpha value is -1.30. The maximum absolute atomic E-state index is 10.6. The van der Waals surface area contributed by atoms with Crippen molar-refractivity contribution < 1.29 is 9.59 Å². The Morgan fingerprint density at radius 3 is 2.00 bits per heavy atom. The minimum absolute atomic E-state index is 0.262. The normalized spacial score (nSPS) is 18.3. The van der Waals surface area contributed by atoms with Crippen LogP contribution in [0.5, 0.6) is 0 Å². The lowest BCUT2D eigenvalue weighted by Gasteiger charge is -1.99. The molecule has 0 atom stereocenters. The molecule has 1 fully saturated rings. The van der Waals surface area contributed by atoms with Gasteiger partial charge in [0, 0.05) is 18.9 Å². The Labute approximate surface area is 52.6 Å². The van der Waals surface area contributed by atoms with E-state index in [4.69, 9.17) is 6.42 Å². The SMILES string of the molecule is C#CN1C(=O)CCC1=O. The molecule has 1 rings (SSSR count). The van der Waals surface area contributed by atoms with Crippen molar-refractivity contribution in [3.63, 3.8) is 0 Å². The van der Waals surface area contributed by atoms with Crippen molar-refractivity contribution in [2.24, 2.45) is 0 Å². The highest BCUT2D eigenvalue weighted by atomic mass is 16.2. The smallest absolute Gasteiger partial charge is 0.241 e. The van der Waals surface area contributed by atoms with Crippen molar-refractivity contribution >= 4 is 11.8 Å². The molecule has 46 valence electrons. The van der Waals surface area contributed by atoms with E-state index in [1.54, 1.807) is 0 Å². The van der Waals surface area contributed by atoms with Gasteiger partial charge in [-0.2, -0.15) is 0 Å². The lowest BCUT2D eigenvalue weighted by molar-refractivity contribution is -0.134. The molecule has 9 heavy (non-hydrogen) atoms. The highest BCUT2D eigenvalue weighted by Gasteiger charge is 2.26. The fourth-order valence-electron chi connectivity index (χ4n) is 0.721. The second kappa shape index (κ2) is 1.90. The van der Waals surface area contributed by atoms with Gasteiger partial charge in [-0.05, 0) is 0 Å². The predicted octanol–water partition coefficient (Wildman–Crippen LogP) is -0.274. The molecule has 0 radical (unpaired) electrons. The lowest BCUT2D eigenvalue weighted by atomic mass is 10.4. The van der Waals surface area contributed by atoms with E-state index in [2.05, 4.69) is 0 Å². The van der Waals surface area contributed by atoms with E-state index < -0.39 is 0 Å². The van der Waals surface area contributed by atoms with E-state index >= 15 is 0 Å². The molecule has 0 aliphatic carbocycles. The number of imide groups is 1. The summed E-state index contributed by atoms with van der Waals surface area (Å²) in [5.74, 6) is -0.523. The van der Waals surface area contributed by atoms with Crippen molar-refractivity contribution in [3.05, 3.63) is 0 Å². The minimum atomic E-state index is -0.262. The van der Waals surface area contributed by atoms with E-state index in [0.29, 0.717) is 0 Å². The van der Waals surface area contributed by atoms with E-state index in [1.807, 2.05) is 6.04 Å². The van der Waals surface area contributed by atoms with Crippen LogP contribution in [0.3, 0.4) is 0 Å². The fraction of sp³-hybridized carbons (Fsp3) is 0.333. The number of nitrogens with zero attached hydrogens (tertiary/aromatic N) is 1. The first-order chi connectivity index (χ1) is 4.25. The number of terminal acetylenes is 1. The zero-order valence-corrected chi connectivity index (χ0v) is 4.76. The van der Waals surface area contributed by atoms with Crippen LogP contribution >= 0.6 is 0 Å². The second-order valence-electron chi connectivity index (χ2n) is 1.75. The zero-order valence-electron chi connectivity index (χ0n) is 4.76. The van der Waals surface area contributed by atoms with Gasteiger partial charge in [-0.25, -0.2) is 4.90 Å². The monoisotopic (exact) mass is 123 g/mol. The molecule has 0 spiro atoms. The van der Waals surface area contributed by atoms with Crippen LogP contribution in [0.15, 0.2) is 0 Å². The molecule has 3 heteroatoms. The Balaban J connectivity index is 2.81. The summed E-state index contributed by atoms with van der Waals surface area (Å²) < 4.78 is 0. The first-order valence-corrected chi connectivity index (χ1v) is 2.57. The molecule has 0 aromatic heterocycles. The van der Waals surface area contributed by atoms with Crippen molar-refractivity contribution in [2.75, 3.05) is 0 Å². The quantitative estimate of drug-likeness (QED) is 0.328. The summed E-state index contributed by atoms with van der Waals surface area (Å²) in [7, 11) is 0.